The average molecular weight is 998 g/mol. The quantitative estimate of drug-likeness (QED) is 0.110. The van der Waals surface area contributed by atoms with E-state index in [1.807, 2.05) is 6.07 Å². The number of benzene rings is 12. The molecule has 0 saturated carbocycles. The lowest BCUT2D eigenvalue weighted by atomic mass is 10.0. The number of furan rings is 1. The van der Waals surface area contributed by atoms with Gasteiger partial charge in [-0.05, 0) is 111 Å². The zero-order valence-electron chi connectivity index (χ0n) is 41.9. The zero-order chi connectivity index (χ0) is 50.6. The summed E-state index contributed by atoms with van der Waals surface area (Å²) in [6.07, 6.45) is 0. The van der Waals surface area contributed by atoms with Crippen LogP contribution in [0.15, 0.2) is 290 Å². The van der Waals surface area contributed by atoms with E-state index in [4.69, 9.17) is 4.42 Å². The molecule has 4 heterocycles. The van der Waals surface area contributed by atoms with E-state index in [2.05, 4.69) is 293 Å². The normalized spacial score (nSPS) is 12.2. The Balaban J connectivity index is 0.936. The Morgan fingerprint density at radius 2 is 0.675 bits per heavy atom. The molecule has 0 amide bonds. The molecule has 77 heavy (non-hydrogen) atoms. The van der Waals surface area contributed by atoms with Crippen LogP contribution >= 0.6 is 0 Å². The predicted octanol–water partition coefficient (Wildman–Crippen LogP) is 15.9. The minimum atomic E-state index is -2.81. The average Bonchev–Trinajstić information content (AvgIpc) is 4.28. The van der Waals surface area contributed by atoms with Crippen molar-refractivity contribution in [2.24, 2.45) is 0 Å². The van der Waals surface area contributed by atoms with Crippen LogP contribution < -0.4 is 20.7 Å². The van der Waals surface area contributed by atoms with E-state index in [1.54, 1.807) is 0 Å². The van der Waals surface area contributed by atoms with Gasteiger partial charge < -0.3 is 18.1 Å². The van der Waals surface area contributed by atoms with Crippen LogP contribution in [0.5, 0.6) is 0 Å². The fourth-order valence-electron chi connectivity index (χ4n) is 13.1. The molecule has 0 radical (unpaired) electrons. The van der Waals surface area contributed by atoms with Gasteiger partial charge in [0.05, 0.1) is 33.1 Å². The molecule has 12 aromatic carbocycles. The van der Waals surface area contributed by atoms with Gasteiger partial charge in [0.1, 0.15) is 11.2 Å². The van der Waals surface area contributed by atoms with Gasteiger partial charge in [0.2, 0.25) is 0 Å². The molecule has 0 unspecified atom stereocenters. The lowest BCUT2D eigenvalue weighted by Crippen LogP contribution is -2.74. The molecular formula is C72H47N3OSi. The standard InChI is InChI=1S/C72H47N3OSi/c1-4-21-52(22-5-1)77(53-23-6-2-7-24-53,54-25-8-3-9-26-54)55-27-18-20-49(45-55)73-67-36-16-12-30-59(67)63-47-51(40-42-68(63)73)75-69-43-39-50(74-65-34-14-10-28-57(65)58-29-11-15-35-66(58)74)46-64(69)62-33-19-32-56(72(62)75)48-38-41-61-60-31-13-17-37-70(60)76-71(61)44-48/h1-47H. The minimum Gasteiger partial charge on any atom is -0.456 e. The van der Waals surface area contributed by atoms with E-state index in [0.717, 1.165) is 66.7 Å². The lowest BCUT2D eigenvalue weighted by molar-refractivity contribution is 0.669. The van der Waals surface area contributed by atoms with Crippen molar-refractivity contribution in [2.45, 2.75) is 0 Å². The molecule has 0 atom stereocenters. The highest BCUT2D eigenvalue weighted by Gasteiger charge is 2.41. The Hall–Kier alpha value is -9.94. The van der Waals surface area contributed by atoms with Crippen molar-refractivity contribution < 1.29 is 4.42 Å². The molecule has 0 aliphatic rings. The van der Waals surface area contributed by atoms with E-state index in [0.29, 0.717) is 0 Å². The first-order valence-corrected chi connectivity index (χ1v) is 28.5. The Morgan fingerprint density at radius 1 is 0.247 bits per heavy atom. The van der Waals surface area contributed by atoms with Gasteiger partial charge in [0.15, 0.2) is 8.07 Å². The highest BCUT2D eigenvalue weighted by atomic mass is 28.3. The highest BCUT2D eigenvalue weighted by Crippen LogP contribution is 2.43. The van der Waals surface area contributed by atoms with Gasteiger partial charge in [0.25, 0.3) is 0 Å². The van der Waals surface area contributed by atoms with Gasteiger partial charge in [-0.25, -0.2) is 0 Å². The van der Waals surface area contributed by atoms with Crippen LogP contribution in [0, 0.1) is 0 Å². The summed E-state index contributed by atoms with van der Waals surface area (Å²) in [7, 11) is -2.81. The summed E-state index contributed by atoms with van der Waals surface area (Å²) in [5, 5.41) is 14.9. The second-order valence-corrected chi connectivity index (χ2v) is 24.2. The number of para-hydroxylation sites is 5. The molecule has 4 aromatic heterocycles. The van der Waals surface area contributed by atoms with E-state index >= 15 is 0 Å². The molecule has 16 rings (SSSR count). The van der Waals surface area contributed by atoms with E-state index < -0.39 is 8.07 Å². The number of hydrogen-bond acceptors (Lipinski definition) is 1. The van der Waals surface area contributed by atoms with Crippen molar-refractivity contribution in [2.75, 3.05) is 0 Å². The van der Waals surface area contributed by atoms with Crippen molar-refractivity contribution in [3.05, 3.63) is 285 Å². The van der Waals surface area contributed by atoms with Crippen LogP contribution in [0.25, 0.3) is 116 Å². The summed E-state index contributed by atoms with van der Waals surface area (Å²) >= 11 is 0. The summed E-state index contributed by atoms with van der Waals surface area (Å²) in [4.78, 5) is 0. The van der Waals surface area contributed by atoms with Crippen molar-refractivity contribution in [1.29, 1.82) is 0 Å². The summed E-state index contributed by atoms with van der Waals surface area (Å²) in [6, 6.07) is 105. The van der Waals surface area contributed by atoms with Crippen molar-refractivity contribution in [3.63, 3.8) is 0 Å². The SMILES string of the molecule is c1ccc([Si](c2ccccc2)(c2ccccc2)c2cccc(-n3c4ccccc4c4cc(-n5c6ccc(-n7c8ccccc8c8ccccc87)cc6c6cccc(-c7ccc8c(c7)oc7ccccc78)c65)ccc43)c2)cc1. The third-order valence-electron chi connectivity index (χ3n) is 16.4. The van der Waals surface area contributed by atoms with Gasteiger partial charge in [-0.15, -0.1) is 0 Å². The van der Waals surface area contributed by atoms with Crippen LogP contribution in [0.4, 0.5) is 0 Å². The maximum absolute atomic E-state index is 6.54. The van der Waals surface area contributed by atoms with Crippen LogP contribution in [-0.2, 0) is 0 Å². The largest absolute Gasteiger partial charge is 0.456 e. The lowest BCUT2D eigenvalue weighted by Gasteiger charge is -2.34. The van der Waals surface area contributed by atoms with Crippen molar-refractivity contribution in [1.82, 2.24) is 13.7 Å². The Morgan fingerprint density at radius 3 is 1.29 bits per heavy atom. The molecule has 0 bridgehead atoms. The summed E-state index contributed by atoms with van der Waals surface area (Å²) in [6.45, 7) is 0. The molecule has 0 N–H and O–H groups in total. The molecule has 360 valence electrons. The van der Waals surface area contributed by atoms with Crippen LogP contribution in [-0.4, -0.2) is 21.8 Å². The second kappa shape index (κ2) is 17.0. The predicted molar refractivity (Wildman–Crippen MR) is 326 cm³/mol. The highest BCUT2D eigenvalue weighted by molar-refractivity contribution is 7.19. The third-order valence-corrected chi connectivity index (χ3v) is 21.1. The first-order valence-electron chi connectivity index (χ1n) is 26.5. The topological polar surface area (TPSA) is 27.9 Å². The summed E-state index contributed by atoms with van der Waals surface area (Å²) in [5.74, 6) is 0. The number of nitrogens with zero attached hydrogens (tertiary/aromatic N) is 3. The summed E-state index contributed by atoms with van der Waals surface area (Å²) < 4.78 is 14.0. The van der Waals surface area contributed by atoms with Crippen molar-refractivity contribution >= 4 is 116 Å². The molecule has 5 heteroatoms. The molecule has 4 nitrogen and oxygen atoms in total. The molecule has 16 aromatic rings. The first kappa shape index (κ1) is 43.5. The molecule has 0 fully saturated rings. The number of fused-ring (bicyclic) bond motifs is 12. The monoisotopic (exact) mass is 997 g/mol. The molecule has 0 aliphatic carbocycles. The number of hydrogen-bond donors (Lipinski definition) is 0. The van der Waals surface area contributed by atoms with E-state index in [1.165, 1.54) is 69.6 Å². The third kappa shape index (κ3) is 6.45. The van der Waals surface area contributed by atoms with Crippen LogP contribution in [0.3, 0.4) is 0 Å². The maximum atomic E-state index is 6.54. The summed E-state index contributed by atoms with van der Waals surface area (Å²) in [5.41, 5.74) is 14.4. The van der Waals surface area contributed by atoms with Gasteiger partial charge in [0, 0.05) is 65.7 Å². The minimum absolute atomic E-state index is 0.881. The zero-order valence-corrected chi connectivity index (χ0v) is 42.9. The molecule has 0 spiro atoms. The first-order chi connectivity index (χ1) is 38.2. The maximum Gasteiger partial charge on any atom is 0.179 e. The molecular weight excluding hydrogens is 951 g/mol. The number of aromatic nitrogens is 3. The number of rotatable bonds is 8. The van der Waals surface area contributed by atoms with Gasteiger partial charge in [-0.3, -0.25) is 0 Å². The molecule has 0 saturated heterocycles. The Bertz CT molecular complexity index is 4840. The smallest absolute Gasteiger partial charge is 0.179 e. The second-order valence-electron chi connectivity index (χ2n) is 20.4. The van der Waals surface area contributed by atoms with Crippen LogP contribution in [0.2, 0.25) is 0 Å². The Kier molecular flexibility index (Phi) is 9.62. The van der Waals surface area contributed by atoms with Gasteiger partial charge >= 0.3 is 0 Å². The van der Waals surface area contributed by atoms with E-state index in [-0.39, 0.29) is 0 Å². The van der Waals surface area contributed by atoms with Gasteiger partial charge in [-0.1, -0.05) is 200 Å². The van der Waals surface area contributed by atoms with Gasteiger partial charge in [-0.2, -0.15) is 0 Å². The van der Waals surface area contributed by atoms with E-state index in [9.17, 15) is 0 Å². The fourth-order valence-corrected chi connectivity index (χ4v) is 17.9. The van der Waals surface area contributed by atoms with Crippen LogP contribution in [0.1, 0.15) is 0 Å². The fraction of sp³-hybridized carbons (Fsp3) is 0. The Labute approximate surface area is 445 Å². The molecule has 0 aliphatic heterocycles. The van der Waals surface area contributed by atoms with Crippen molar-refractivity contribution in [3.8, 4) is 28.2 Å².